The number of nitrogens with one attached hydrogen (secondary N) is 1. The third-order valence-electron chi connectivity index (χ3n) is 4.76. The summed E-state index contributed by atoms with van der Waals surface area (Å²) in [6.45, 7) is 5.42. The second-order valence-electron chi connectivity index (χ2n) is 8.52. The fourth-order valence-corrected chi connectivity index (χ4v) is 5.29. The van der Waals surface area contributed by atoms with Crippen LogP contribution in [-0.2, 0) is 29.9 Å². The predicted molar refractivity (Wildman–Crippen MR) is 123 cm³/mol. The first-order valence-electron chi connectivity index (χ1n) is 10.0. The van der Waals surface area contributed by atoms with Gasteiger partial charge in [-0.15, -0.1) is 0 Å². The van der Waals surface area contributed by atoms with Gasteiger partial charge < -0.3 is 5.73 Å². The summed E-state index contributed by atoms with van der Waals surface area (Å²) in [5.74, 6) is 0.128. The van der Waals surface area contributed by atoms with Crippen molar-refractivity contribution in [2.75, 3.05) is 5.73 Å². The normalized spacial score (nSPS) is 12.1. The van der Waals surface area contributed by atoms with Crippen molar-refractivity contribution in [1.82, 2.24) is 14.3 Å². The minimum atomic E-state index is -3.82. The van der Waals surface area contributed by atoms with Gasteiger partial charge in [-0.3, -0.25) is 9.36 Å². The van der Waals surface area contributed by atoms with E-state index in [-0.39, 0.29) is 16.4 Å². The Morgan fingerprint density at radius 3 is 2.32 bits per heavy atom. The fraction of sp³-hybridized carbons (Fsp3) is 0.304. The minimum absolute atomic E-state index is 0.128. The maximum Gasteiger partial charge on any atom is 0.254 e. The number of sulfonamides is 1. The lowest BCUT2D eigenvalue weighted by atomic mass is 10.00. The Balaban J connectivity index is 2.09. The quantitative estimate of drug-likeness (QED) is 0.613. The summed E-state index contributed by atoms with van der Waals surface area (Å²) in [4.78, 5) is 16.5. The van der Waals surface area contributed by atoms with E-state index in [4.69, 9.17) is 5.73 Å². The molecule has 164 valence electrons. The van der Waals surface area contributed by atoms with Crippen LogP contribution in [0.2, 0.25) is 0 Å². The van der Waals surface area contributed by atoms with Crippen LogP contribution in [0, 0.1) is 0 Å². The predicted octanol–water partition coefficient (Wildman–Crippen LogP) is 2.89. The lowest BCUT2D eigenvalue weighted by molar-refractivity contribution is 0.491. The fourth-order valence-electron chi connectivity index (χ4n) is 3.40. The molecule has 1 aromatic heterocycles. The Kier molecular flexibility index (Phi) is 6.33. The van der Waals surface area contributed by atoms with Gasteiger partial charge in [0, 0.05) is 24.2 Å². The van der Waals surface area contributed by atoms with E-state index in [0.29, 0.717) is 29.7 Å². The molecule has 0 aliphatic heterocycles. The zero-order chi connectivity index (χ0) is 22.8. The second-order valence-corrected chi connectivity index (χ2v) is 10.1. The highest BCUT2D eigenvalue weighted by Gasteiger charge is 2.27. The van der Waals surface area contributed by atoms with Crippen LogP contribution >= 0.6 is 0 Å². The van der Waals surface area contributed by atoms with Crippen molar-refractivity contribution >= 4 is 16.0 Å². The molecule has 0 atom stereocenters. The summed E-state index contributed by atoms with van der Waals surface area (Å²) in [5, 5.41) is 0. The molecule has 0 aliphatic rings. The zero-order valence-corrected chi connectivity index (χ0v) is 19.0. The maximum absolute atomic E-state index is 13.4. The molecule has 3 aromatic rings. The van der Waals surface area contributed by atoms with Gasteiger partial charge in [-0.05, 0) is 44.7 Å². The number of rotatable bonds is 6. The van der Waals surface area contributed by atoms with Crippen molar-refractivity contribution in [1.29, 1.82) is 0 Å². The van der Waals surface area contributed by atoms with Crippen LogP contribution in [-0.4, -0.2) is 23.5 Å². The molecule has 0 bridgehead atoms. The summed E-state index contributed by atoms with van der Waals surface area (Å²) >= 11 is 0. The van der Waals surface area contributed by atoms with E-state index in [9.17, 15) is 13.2 Å². The van der Waals surface area contributed by atoms with Gasteiger partial charge in [0.25, 0.3) is 5.56 Å². The van der Waals surface area contributed by atoms with Gasteiger partial charge in [-0.25, -0.2) is 18.1 Å². The lowest BCUT2D eigenvalue weighted by Gasteiger charge is -2.23. The van der Waals surface area contributed by atoms with E-state index < -0.39 is 15.6 Å². The van der Waals surface area contributed by atoms with Gasteiger partial charge in [-0.1, -0.05) is 48.5 Å². The standard InChI is InChI=1S/C23H28N4O3S/c1-23(2,3)26-31(29,30)21-17(11-8-12-19(21)16-9-6-5-7-10-16)13-14-18-15-20(28)27(4)22(24)25-18/h5-12,15,26H,13-14H2,1-4H3,(H2,24,25). The maximum atomic E-state index is 13.4. The number of hydrogen-bond acceptors (Lipinski definition) is 5. The number of nitrogens with zero attached hydrogens (tertiary/aromatic N) is 2. The summed E-state index contributed by atoms with van der Waals surface area (Å²) in [7, 11) is -2.26. The molecule has 7 nitrogen and oxygen atoms in total. The van der Waals surface area contributed by atoms with Crippen molar-refractivity contribution in [2.45, 2.75) is 44.0 Å². The molecular formula is C23H28N4O3S. The minimum Gasteiger partial charge on any atom is -0.369 e. The molecule has 8 heteroatoms. The van der Waals surface area contributed by atoms with Crippen molar-refractivity contribution in [3.05, 3.63) is 76.2 Å². The van der Waals surface area contributed by atoms with Crippen LogP contribution in [0.15, 0.2) is 64.3 Å². The monoisotopic (exact) mass is 440 g/mol. The van der Waals surface area contributed by atoms with Crippen LogP contribution in [0.25, 0.3) is 11.1 Å². The Morgan fingerprint density at radius 1 is 1.03 bits per heavy atom. The van der Waals surface area contributed by atoms with E-state index in [1.807, 2.05) is 63.2 Å². The first-order valence-corrected chi connectivity index (χ1v) is 11.5. The van der Waals surface area contributed by atoms with Gasteiger partial charge in [0.2, 0.25) is 16.0 Å². The molecule has 0 aliphatic carbocycles. The van der Waals surface area contributed by atoms with Crippen LogP contribution in [0.5, 0.6) is 0 Å². The third kappa shape index (κ3) is 5.39. The van der Waals surface area contributed by atoms with E-state index in [1.165, 1.54) is 10.6 Å². The second kappa shape index (κ2) is 8.64. The molecule has 3 rings (SSSR count). The first kappa shape index (κ1) is 22.7. The Hall–Kier alpha value is -2.97. The number of nitrogens with two attached hydrogens (primary N) is 1. The van der Waals surface area contributed by atoms with Crippen LogP contribution in [0.3, 0.4) is 0 Å². The molecular weight excluding hydrogens is 412 g/mol. The molecule has 0 unspecified atom stereocenters. The SMILES string of the molecule is Cn1c(N)nc(CCc2cccc(-c3ccccc3)c2S(=O)(=O)NC(C)(C)C)cc1=O. The molecule has 31 heavy (non-hydrogen) atoms. The number of anilines is 1. The van der Waals surface area contributed by atoms with Gasteiger partial charge in [0.15, 0.2) is 0 Å². The highest BCUT2D eigenvalue weighted by molar-refractivity contribution is 7.89. The molecule has 0 radical (unpaired) electrons. The Bertz CT molecular complexity index is 1240. The van der Waals surface area contributed by atoms with Crippen LogP contribution < -0.4 is 16.0 Å². The molecule has 0 spiro atoms. The Labute approximate surface area is 183 Å². The summed E-state index contributed by atoms with van der Waals surface area (Å²) in [6, 6.07) is 16.3. The van der Waals surface area contributed by atoms with E-state index >= 15 is 0 Å². The van der Waals surface area contributed by atoms with E-state index in [0.717, 1.165) is 5.56 Å². The molecule has 2 aromatic carbocycles. The third-order valence-corrected chi connectivity index (χ3v) is 6.66. The first-order chi connectivity index (χ1) is 14.5. The summed E-state index contributed by atoms with van der Waals surface area (Å²) in [6.07, 6.45) is 0.775. The lowest BCUT2D eigenvalue weighted by Crippen LogP contribution is -2.41. The highest BCUT2D eigenvalue weighted by atomic mass is 32.2. The molecule has 0 saturated heterocycles. The van der Waals surface area contributed by atoms with Gasteiger partial charge in [0.1, 0.15) is 0 Å². The molecule has 0 fully saturated rings. The number of aromatic nitrogens is 2. The highest BCUT2D eigenvalue weighted by Crippen LogP contribution is 2.31. The van der Waals surface area contributed by atoms with Crippen molar-refractivity contribution in [2.24, 2.45) is 7.05 Å². The van der Waals surface area contributed by atoms with Crippen molar-refractivity contribution in [3.63, 3.8) is 0 Å². The number of benzene rings is 2. The van der Waals surface area contributed by atoms with Crippen molar-refractivity contribution < 1.29 is 8.42 Å². The van der Waals surface area contributed by atoms with Crippen LogP contribution in [0.4, 0.5) is 5.95 Å². The smallest absolute Gasteiger partial charge is 0.254 e. The number of hydrogen-bond donors (Lipinski definition) is 2. The molecule has 0 amide bonds. The number of aryl methyl sites for hydroxylation is 2. The van der Waals surface area contributed by atoms with E-state index in [1.54, 1.807) is 13.1 Å². The summed E-state index contributed by atoms with van der Waals surface area (Å²) < 4.78 is 30.9. The average molecular weight is 441 g/mol. The average Bonchev–Trinajstić information content (AvgIpc) is 2.69. The van der Waals surface area contributed by atoms with Gasteiger partial charge in [0.05, 0.1) is 10.6 Å². The van der Waals surface area contributed by atoms with Gasteiger partial charge in [-0.2, -0.15) is 0 Å². The Morgan fingerprint density at radius 2 is 1.71 bits per heavy atom. The number of nitrogen functional groups attached to an aromatic ring is 1. The molecule has 3 N–H and O–H groups in total. The van der Waals surface area contributed by atoms with Crippen molar-refractivity contribution in [3.8, 4) is 11.1 Å². The topological polar surface area (TPSA) is 107 Å². The molecule has 1 heterocycles. The molecule has 0 saturated carbocycles. The van der Waals surface area contributed by atoms with Crippen LogP contribution in [0.1, 0.15) is 32.0 Å². The van der Waals surface area contributed by atoms with E-state index in [2.05, 4.69) is 9.71 Å². The zero-order valence-electron chi connectivity index (χ0n) is 18.2. The summed E-state index contributed by atoms with van der Waals surface area (Å²) in [5.41, 5.74) is 7.54. The largest absolute Gasteiger partial charge is 0.369 e. The van der Waals surface area contributed by atoms with Gasteiger partial charge >= 0.3 is 0 Å².